The van der Waals surface area contributed by atoms with E-state index < -0.39 is 12.3 Å². The van der Waals surface area contributed by atoms with Crippen LogP contribution in [0.1, 0.15) is 65.5 Å². The van der Waals surface area contributed by atoms with Gasteiger partial charge in [-0.05, 0) is 78.1 Å². The topological polar surface area (TPSA) is 24.9 Å². The molecule has 41 heavy (non-hydrogen) atoms. The van der Waals surface area contributed by atoms with E-state index in [0.29, 0.717) is 32.0 Å². The summed E-state index contributed by atoms with van der Waals surface area (Å²) in [5.74, 6) is 2.79. The minimum Gasteiger partial charge on any atom is -0.492 e. The van der Waals surface area contributed by atoms with Crippen LogP contribution in [0.5, 0.6) is 11.5 Å². The van der Waals surface area contributed by atoms with E-state index in [1.807, 2.05) is 12.1 Å². The van der Waals surface area contributed by atoms with Crippen molar-refractivity contribution < 1.29 is 18.3 Å². The van der Waals surface area contributed by atoms with Gasteiger partial charge < -0.3 is 9.47 Å². The molecular formula is C34H51ClF2N2O2. The second-order valence-electron chi connectivity index (χ2n) is 13.5. The molecule has 0 spiro atoms. The summed E-state index contributed by atoms with van der Waals surface area (Å²) in [5, 5.41) is 0. The van der Waals surface area contributed by atoms with E-state index in [1.165, 1.54) is 17.5 Å². The summed E-state index contributed by atoms with van der Waals surface area (Å²) >= 11 is 5.90. The molecule has 0 radical (unpaired) electrons. The van der Waals surface area contributed by atoms with E-state index in [4.69, 9.17) is 21.1 Å². The fraction of sp³-hybridized carbons (Fsp3) is 0.647. The average molecular weight is 593 g/mol. The SMILES string of the molecule is CC(C)(C)c1ccc(OCCN2CCC(C(F)F)C2)cc1.CC(C)(C)c1ccc(OCCN2CC[C@H](CCl)C2)cc1. The van der Waals surface area contributed by atoms with Gasteiger partial charge in [0.25, 0.3) is 0 Å². The first kappa shape index (κ1) is 33.6. The van der Waals surface area contributed by atoms with Crippen molar-refractivity contribution in [1.29, 1.82) is 0 Å². The van der Waals surface area contributed by atoms with Crippen LogP contribution in [0, 0.1) is 11.8 Å². The van der Waals surface area contributed by atoms with Crippen LogP contribution < -0.4 is 9.47 Å². The van der Waals surface area contributed by atoms with Gasteiger partial charge in [0.2, 0.25) is 6.43 Å². The number of halogens is 3. The largest absolute Gasteiger partial charge is 0.492 e. The number of hydrogen-bond acceptors (Lipinski definition) is 4. The van der Waals surface area contributed by atoms with Gasteiger partial charge in [-0.1, -0.05) is 65.8 Å². The quantitative estimate of drug-likeness (QED) is 0.262. The molecule has 2 aliphatic rings. The monoisotopic (exact) mass is 592 g/mol. The molecule has 2 saturated heterocycles. The molecule has 0 aromatic heterocycles. The summed E-state index contributed by atoms with van der Waals surface area (Å²) in [5.41, 5.74) is 2.95. The molecule has 4 nitrogen and oxygen atoms in total. The lowest BCUT2D eigenvalue weighted by Gasteiger charge is -2.19. The van der Waals surface area contributed by atoms with Gasteiger partial charge in [0.05, 0.1) is 0 Å². The summed E-state index contributed by atoms with van der Waals surface area (Å²) < 4.78 is 36.7. The standard InChI is InChI=1S/C17H26ClNO.C17H25F2NO/c1-17(2,3)15-4-6-16(7-5-15)20-11-10-19-9-8-14(12-18)13-19;1-17(2,3)14-4-6-15(7-5-14)21-11-10-20-9-8-13(12-20)16(18)19/h4-7,14H,8-13H2,1-3H3;4-7,13,16H,8-12H2,1-3H3/t14-;/m1./s1. The van der Waals surface area contributed by atoms with Crippen LogP contribution in [0.4, 0.5) is 8.78 Å². The van der Waals surface area contributed by atoms with E-state index >= 15 is 0 Å². The third kappa shape index (κ3) is 11.4. The molecule has 2 aromatic carbocycles. The minimum absolute atomic E-state index is 0.137. The van der Waals surface area contributed by atoms with Gasteiger partial charge in [0.1, 0.15) is 24.7 Å². The molecule has 2 aromatic rings. The molecule has 2 aliphatic heterocycles. The molecule has 0 amide bonds. The van der Waals surface area contributed by atoms with E-state index in [0.717, 1.165) is 50.2 Å². The van der Waals surface area contributed by atoms with Crippen molar-refractivity contribution in [1.82, 2.24) is 9.80 Å². The first-order valence-corrected chi connectivity index (χ1v) is 15.6. The van der Waals surface area contributed by atoms with Crippen molar-refractivity contribution in [3.8, 4) is 11.5 Å². The Morgan fingerprint density at radius 2 is 1.17 bits per heavy atom. The van der Waals surface area contributed by atoms with Crippen molar-refractivity contribution in [2.24, 2.45) is 11.8 Å². The number of alkyl halides is 3. The lowest BCUT2D eigenvalue weighted by atomic mass is 9.87. The van der Waals surface area contributed by atoms with Crippen molar-refractivity contribution in [2.45, 2.75) is 71.6 Å². The van der Waals surface area contributed by atoms with Gasteiger partial charge in [0.15, 0.2) is 0 Å². The van der Waals surface area contributed by atoms with Gasteiger partial charge in [-0.3, -0.25) is 9.80 Å². The van der Waals surface area contributed by atoms with Crippen LogP contribution in [0.15, 0.2) is 48.5 Å². The normalized spacial score (nSPS) is 20.2. The Morgan fingerprint density at radius 1 is 0.732 bits per heavy atom. The van der Waals surface area contributed by atoms with Crippen LogP contribution in [-0.4, -0.2) is 74.6 Å². The highest BCUT2D eigenvalue weighted by Gasteiger charge is 2.29. The smallest absolute Gasteiger partial charge is 0.242 e. The maximum atomic E-state index is 12.6. The molecule has 2 fully saturated rings. The molecule has 1 unspecified atom stereocenters. The highest BCUT2D eigenvalue weighted by atomic mass is 35.5. The lowest BCUT2D eigenvalue weighted by molar-refractivity contribution is 0.0796. The third-order valence-corrected chi connectivity index (χ3v) is 8.48. The van der Waals surface area contributed by atoms with E-state index in [2.05, 4.69) is 87.7 Å². The Balaban J connectivity index is 0.000000226. The Hall–Kier alpha value is -1.89. The van der Waals surface area contributed by atoms with Gasteiger partial charge in [-0.15, -0.1) is 11.6 Å². The van der Waals surface area contributed by atoms with E-state index in [9.17, 15) is 8.78 Å². The van der Waals surface area contributed by atoms with Crippen molar-refractivity contribution in [3.63, 3.8) is 0 Å². The van der Waals surface area contributed by atoms with Gasteiger partial charge in [0, 0.05) is 38.0 Å². The van der Waals surface area contributed by atoms with E-state index in [1.54, 1.807) is 0 Å². The molecule has 0 N–H and O–H groups in total. The van der Waals surface area contributed by atoms with Gasteiger partial charge >= 0.3 is 0 Å². The average Bonchev–Trinajstić information content (AvgIpc) is 3.59. The van der Waals surface area contributed by atoms with Crippen LogP contribution in [0.3, 0.4) is 0 Å². The summed E-state index contributed by atoms with van der Waals surface area (Å²) in [7, 11) is 0. The highest BCUT2D eigenvalue weighted by Crippen LogP contribution is 2.26. The number of hydrogen-bond donors (Lipinski definition) is 0. The van der Waals surface area contributed by atoms with Crippen LogP contribution in [-0.2, 0) is 10.8 Å². The minimum atomic E-state index is -2.19. The lowest BCUT2D eigenvalue weighted by Crippen LogP contribution is -2.27. The van der Waals surface area contributed by atoms with Crippen molar-refractivity contribution in [3.05, 3.63) is 59.7 Å². The van der Waals surface area contributed by atoms with Gasteiger partial charge in [-0.2, -0.15) is 0 Å². The summed E-state index contributed by atoms with van der Waals surface area (Å²) in [6.45, 7) is 19.7. The van der Waals surface area contributed by atoms with Crippen LogP contribution in [0.25, 0.3) is 0 Å². The first-order chi connectivity index (χ1) is 19.3. The maximum absolute atomic E-state index is 12.6. The fourth-order valence-corrected chi connectivity index (χ4v) is 5.45. The van der Waals surface area contributed by atoms with Crippen molar-refractivity contribution in [2.75, 3.05) is 58.4 Å². The Labute approximate surface area is 252 Å². The third-order valence-electron chi connectivity index (χ3n) is 8.05. The molecule has 0 aliphatic carbocycles. The van der Waals surface area contributed by atoms with Crippen LogP contribution >= 0.6 is 11.6 Å². The fourth-order valence-electron chi connectivity index (χ4n) is 5.20. The second kappa shape index (κ2) is 15.5. The highest BCUT2D eigenvalue weighted by molar-refractivity contribution is 6.18. The Kier molecular flexibility index (Phi) is 12.7. The van der Waals surface area contributed by atoms with Crippen molar-refractivity contribution >= 4 is 11.6 Å². The molecule has 2 atom stereocenters. The maximum Gasteiger partial charge on any atom is 0.242 e. The predicted molar refractivity (Wildman–Crippen MR) is 167 cm³/mol. The molecule has 0 bridgehead atoms. The number of likely N-dealkylation sites (tertiary alicyclic amines) is 2. The number of nitrogens with zero attached hydrogens (tertiary/aromatic N) is 2. The molecule has 2 heterocycles. The summed E-state index contributed by atoms with van der Waals surface area (Å²) in [6.07, 6.45) is -0.372. The number of ether oxygens (including phenoxy) is 2. The van der Waals surface area contributed by atoms with Gasteiger partial charge in [-0.25, -0.2) is 8.78 Å². The molecular weight excluding hydrogens is 542 g/mol. The zero-order valence-corrected chi connectivity index (χ0v) is 26.7. The molecule has 0 saturated carbocycles. The molecule has 230 valence electrons. The number of rotatable bonds is 10. The second-order valence-corrected chi connectivity index (χ2v) is 13.8. The first-order valence-electron chi connectivity index (χ1n) is 15.1. The Bertz CT molecular complexity index is 1020. The van der Waals surface area contributed by atoms with Crippen LogP contribution in [0.2, 0.25) is 0 Å². The Morgan fingerprint density at radius 3 is 1.54 bits per heavy atom. The predicted octanol–water partition coefficient (Wildman–Crippen LogP) is 7.87. The summed E-state index contributed by atoms with van der Waals surface area (Å²) in [4.78, 5) is 4.50. The number of benzene rings is 2. The zero-order valence-electron chi connectivity index (χ0n) is 26.0. The summed E-state index contributed by atoms with van der Waals surface area (Å²) in [6, 6.07) is 16.6. The van der Waals surface area contributed by atoms with E-state index in [-0.39, 0.29) is 10.8 Å². The zero-order chi connectivity index (χ0) is 30.0. The molecule has 4 rings (SSSR count). The molecule has 7 heteroatoms.